The monoisotopic (exact) mass is 648 g/mol. The Morgan fingerprint density at radius 2 is 1.21 bits per heavy atom. The summed E-state index contributed by atoms with van der Waals surface area (Å²) in [5, 5.41) is 34.0. The molecule has 248 valence electrons. The van der Waals surface area contributed by atoms with Gasteiger partial charge in [0.1, 0.15) is 43.7 Å². The fraction of sp³-hybridized carbons (Fsp3) is 0.231. The third-order valence-electron chi connectivity index (χ3n) is 7.76. The normalized spacial score (nSPS) is 12.3. The van der Waals surface area contributed by atoms with E-state index in [4.69, 9.17) is 14.2 Å². The minimum absolute atomic E-state index is 0.121. The molecule has 0 spiro atoms. The van der Waals surface area contributed by atoms with Crippen molar-refractivity contribution in [3.63, 3.8) is 0 Å². The molecule has 9 nitrogen and oxygen atoms in total. The van der Waals surface area contributed by atoms with Gasteiger partial charge in [-0.05, 0) is 59.4 Å². The average Bonchev–Trinajstić information content (AvgIpc) is 3.13. The van der Waals surface area contributed by atoms with Gasteiger partial charge in [-0.3, -0.25) is 15.0 Å². The quantitative estimate of drug-likeness (QED) is 0.0597. The number of rotatable bonds is 18. The summed E-state index contributed by atoms with van der Waals surface area (Å²) in [7, 11) is 0. The standard InChI is InChI=1S/C39H40N2O7/c42-34(29-47-36-21-22-38(37(24-36)41(44)45)48-28-33-14-8-3-9-15-33)26-40(25-31-10-4-1-5-11-31)39(43)23-18-30-16-19-35(20-17-30)46-27-32-12-6-2-7-13-32/h1-17,19-22,24,34,39,42-43H,18,23,25-29H2/t34?,39-/m0/s1. The summed E-state index contributed by atoms with van der Waals surface area (Å²) in [6.07, 6.45) is -0.741. The van der Waals surface area contributed by atoms with E-state index in [9.17, 15) is 20.3 Å². The zero-order chi connectivity index (χ0) is 33.6. The van der Waals surface area contributed by atoms with Gasteiger partial charge in [0.05, 0.1) is 11.0 Å². The lowest BCUT2D eigenvalue weighted by Crippen LogP contribution is -2.42. The number of benzene rings is 5. The van der Waals surface area contributed by atoms with Crippen LogP contribution in [0, 0.1) is 10.1 Å². The molecular formula is C39H40N2O7. The van der Waals surface area contributed by atoms with Gasteiger partial charge < -0.3 is 24.4 Å². The molecule has 0 aliphatic heterocycles. The van der Waals surface area contributed by atoms with Gasteiger partial charge in [-0.25, -0.2) is 0 Å². The maximum absolute atomic E-state index is 11.8. The number of aryl methyl sites for hydroxylation is 1. The first kappa shape index (κ1) is 34.1. The van der Waals surface area contributed by atoms with E-state index in [1.165, 1.54) is 12.1 Å². The second-order valence-corrected chi connectivity index (χ2v) is 11.5. The maximum Gasteiger partial charge on any atom is 0.314 e. The summed E-state index contributed by atoms with van der Waals surface area (Å²) in [6, 6.07) is 41.3. The Morgan fingerprint density at radius 3 is 1.81 bits per heavy atom. The molecule has 5 aromatic carbocycles. The van der Waals surface area contributed by atoms with Crippen molar-refractivity contribution in [2.24, 2.45) is 0 Å². The molecule has 0 radical (unpaired) electrons. The molecule has 2 N–H and O–H groups in total. The molecule has 0 saturated carbocycles. The van der Waals surface area contributed by atoms with Crippen molar-refractivity contribution in [2.45, 2.75) is 44.9 Å². The summed E-state index contributed by atoms with van der Waals surface area (Å²) in [5.74, 6) is 1.14. The van der Waals surface area contributed by atoms with Gasteiger partial charge in [-0.1, -0.05) is 103 Å². The summed E-state index contributed by atoms with van der Waals surface area (Å²) in [5.41, 5.74) is 3.81. The lowest BCUT2D eigenvalue weighted by Gasteiger charge is -2.30. The van der Waals surface area contributed by atoms with Gasteiger partial charge in [0.25, 0.3) is 0 Å². The molecule has 0 saturated heterocycles. The fourth-order valence-electron chi connectivity index (χ4n) is 5.18. The number of nitro benzene ring substituents is 1. The van der Waals surface area contributed by atoms with Gasteiger partial charge >= 0.3 is 5.69 Å². The molecule has 2 atom stereocenters. The topological polar surface area (TPSA) is 115 Å². The molecule has 9 heteroatoms. The van der Waals surface area contributed by atoms with Crippen LogP contribution in [-0.4, -0.2) is 45.5 Å². The van der Waals surface area contributed by atoms with Crippen molar-refractivity contribution in [3.8, 4) is 17.2 Å². The van der Waals surface area contributed by atoms with E-state index in [-0.39, 0.29) is 36.9 Å². The minimum Gasteiger partial charge on any atom is -0.491 e. The van der Waals surface area contributed by atoms with Crippen LogP contribution in [0.1, 0.15) is 28.7 Å². The highest BCUT2D eigenvalue weighted by atomic mass is 16.6. The molecule has 48 heavy (non-hydrogen) atoms. The summed E-state index contributed by atoms with van der Waals surface area (Å²) in [6.45, 7) is 1.11. The van der Waals surface area contributed by atoms with E-state index in [1.54, 1.807) is 6.07 Å². The van der Waals surface area contributed by atoms with Crippen molar-refractivity contribution in [1.82, 2.24) is 4.90 Å². The fourth-order valence-corrected chi connectivity index (χ4v) is 5.18. The molecule has 0 bridgehead atoms. The molecule has 0 amide bonds. The lowest BCUT2D eigenvalue weighted by molar-refractivity contribution is -0.386. The molecular weight excluding hydrogens is 608 g/mol. The largest absolute Gasteiger partial charge is 0.491 e. The highest BCUT2D eigenvalue weighted by Crippen LogP contribution is 2.32. The minimum atomic E-state index is -0.975. The maximum atomic E-state index is 11.8. The van der Waals surface area contributed by atoms with Crippen LogP contribution in [0.5, 0.6) is 17.2 Å². The molecule has 0 heterocycles. The third kappa shape index (κ3) is 10.7. The van der Waals surface area contributed by atoms with Crippen LogP contribution in [0.3, 0.4) is 0 Å². The van der Waals surface area contributed by atoms with Gasteiger partial charge in [-0.15, -0.1) is 0 Å². The second kappa shape index (κ2) is 17.6. The Morgan fingerprint density at radius 1 is 0.646 bits per heavy atom. The molecule has 0 fully saturated rings. The van der Waals surface area contributed by atoms with E-state index >= 15 is 0 Å². The van der Waals surface area contributed by atoms with Crippen molar-refractivity contribution < 1.29 is 29.3 Å². The number of ether oxygens (including phenoxy) is 3. The van der Waals surface area contributed by atoms with Crippen molar-refractivity contribution in [3.05, 3.63) is 166 Å². The van der Waals surface area contributed by atoms with E-state index in [0.29, 0.717) is 26.0 Å². The van der Waals surface area contributed by atoms with Gasteiger partial charge in [0, 0.05) is 13.1 Å². The van der Waals surface area contributed by atoms with Crippen LogP contribution in [0.25, 0.3) is 0 Å². The van der Waals surface area contributed by atoms with Crippen molar-refractivity contribution in [2.75, 3.05) is 13.2 Å². The van der Waals surface area contributed by atoms with E-state index in [2.05, 4.69) is 0 Å². The summed E-state index contributed by atoms with van der Waals surface area (Å²) < 4.78 is 17.4. The van der Waals surface area contributed by atoms with E-state index in [0.717, 1.165) is 28.0 Å². The zero-order valence-corrected chi connectivity index (χ0v) is 26.6. The smallest absolute Gasteiger partial charge is 0.314 e. The Labute approximate surface area is 280 Å². The number of aliphatic hydroxyl groups is 2. The van der Waals surface area contributed by atoms with Crippen molar-refractivity contribution in [1.29, 1.82) is 0 Å². The predicted octanol–water partition coefficient (Wildman–Crippen LogP) is 6.95. The molecule has 1 unspecified atom stereocenters. The molecule has 0 aliphatic carbocycles. The number of nitro groups is 1. The third-order valence-corrected chi connectivity index (χ3v) is 7.76. The zero-order valence-electron chi connectivity index (χ0n) is 26.6. The Balaban J connectivity index is 1.15. The summed E-state index contributed by atoms with van der Waals surface area (Å²) >= 11 is 0. The molecule has 0 aromatic heterocycles. The van der Waals surface area contributed by atoms with Crippen LogP contribution >= 0.6 is 0 Å². The Bertz CT molecular complexity index is 1690. The lowest BCUT2D eigenvalue weighted by atomic mass is 10.1. The number of hydrogen-bond acceptors (Lipinski definition) is 8. The van der Waals surface area contributed by atoms with Gasteiger partial charge in [-0.2, -0.15) is 0 Å². The SMILES string of the molecule is O=[N+]([O-])c1cc(OCC(O)CN(Cc2ccccc2)[C@@H](O)CCc2ccc(OCc3ccccc3)cc2)ccc1OCc1ccccc1. The van der Waals surface area contributed by atoms with E-state index in [1.807, 2.05) is 120 Å². The average molecular weight is 649 g/mol. The Kier molecular flexibility index (Phi) is 12.5. The summed E-state index contributed by atoms with van der Waals surface area (Å²) in [4.78, 5) is 13.0. The second-order valence-electron chi connectivity index (χ2n) is 11.5. The van der Waals surface area contributed by atoms with Crippen LogP contribution in [0.2, 0.25) is 0 Å². The molecule has 5 aromatic rings. The van der Waals surface area contributed by atoms with Crippen LogP contribution < -0.4 is 14.2 Å². The van der Waals surface area contributed by atoms with Gasteiger partial charge in [0.15, 0.2) is 5.75 Å². The van der Waals surface area contributed by atoms with Crippen LogP contribution in [0.15, 0.2) is 133 Å². The molecule has 0 aliphatic rings. The first-order valence-electron chi connectivity index (χ1n) is 15.9. The van der Waals surface area contributed by atoms with Crippen molar-refractivity contribution >= 4 is 5.69 Å². The Hall–Kier alpha value is -5.22. The highest BCUT2D eigenvalue weighted by molar-refractivity contribution is 5.51. The number of hydrogen-bond donors (Lipinski definition) is 2. The first-order chi connectivity index (χ1) is 23.4. The van der Waals surface area contributed by atoms with Gasteiger partial charge in [0.2, 0.25) is 0 Å². The predicted molar refractivity (Wildman–Crippen MR) is 184 cm³/mol. The number of aliphatic hydroxyl groups excluding tert-OH is 2. The highest BCUT2D eigenvalue weighted by Gasteiger charge is 2.22. The van der Waals surface area contributed by atoms with E-state index < -0.39 is 17.3 Å². The van der Waals surface area contributed by atoms with Crippen LogP contribution in [-0.2, 0) is 26.2 Å². The molecule has 5 rings (SSSR count). The first-order valence-corrected chi connectivity index (χ1v) is 15.9. The van der Waals surface area contributed by atoms with Crippen LogP contribution in [0.4, 0.5) is 5.69 Å². The number of nitrogens with zero attached hydrogens (tertiary/aromatic N) is 2.